The molecule has 10 heteroatoms. The Morgan fingerprint density at radius 2 is 1.59 bits per heavy atom. The third-order valence-electron chi connectivity index (χ3n) is 4.17. The van der Waals surface area contributed by atoms with Gasteiger partial charge in [-0.05, 0) is 42.0 Å². The third kappa shape index (κ3) is 4.58. The number of alkyl halides is 6. The number of rotatable bonds is 4. The largest absolute Gasteiger partial charge is 0.433 e. The van der Waals surface area contributed by atoms with Crippen molar-refractivity contribution in [2.45, 2.75) is 18.5 Å². The second-order valence-electron chi connectivity index (χ2n) is 6.20. The highest BCUT2D eigenvalue weighted by Gasteiger charge is 2.37. The lowest BCUT2D eigenvalue weighted by atomic mass is 9.99. The van der Waals surface area contributed by atoms with Crippen LogP contribution in [0.5, 0.6) is 0 Å². The number of hydrogen-bond acceptors (Lipinski definition) is 3. The number of aromatic nitrogens is 1. The lowest BCUT2D eigenvalue weighted by Gasteiger charge is -2.19. The van der Waals surface area contributed by atoms with E-state index < -0.39 is 41.0 Å². The average Bonchev–Trinajstić information content (AvgIpc) is 2.64. The van der Waals surface area contributed by atoms with Crippen molar-refractivity contribution in [3.05, 3.63) is 71.2 Å². The number of nitrogens with zero attached hydrogens (tertiary/aromatic N) is 1. The first-order chi connectivity index (χ1) is 13.5. The zero-order valence-corrected chi connectivity index (χ0v) is 14.4. The molecule has 0 radical (unpaired) electrons. The predicted molar refractivity (Wildman–Crippen MR) is 91.6 cm³/mol. The van der Waals surface area contributed by atoms with E-state index in [1.807, 2.05) is 0 Å². The number of hydrogen-bond donors (Lipinski definition) is 2. The average molecular weight is 418 g/mol. The number of aliphatic hydroxyl groups excluding tert-OH is 1. The van der Waals surface area contributed by atoms with Gasteiger partial charge in [-0.3, -0.25) is 0 Å². The molecule has 1 unspecified atom stereocenters. The van der Waals surface area contributed by atoms with Crippen molar-refractivity contribution in [1.82, 2.24) is 4.98 Å². The van der Waals surface area contributed by atoms with Crippen LogP contribution in [0.1, 0.15) is 22.9 Å². The third-order valence-corrected chi connectivity index (χ3v) is 4.17. The van der Waals surface area contributed by atoms with Gasteiger partial charge in [0.05, 0.1) is 17.2 Å². The minimum absolute atomic E-state index is 0.249. The van der Waals surface area contributed by atoms with Gasteiger partial charge in [-0.1, -0.05) is 12.1 Å². The summed E-state index contributed by atoms with van der Waals surface area (Å²) in [5.41, 5.74) is -3.76. The number of nitrogens with one attached hydrogen (secondary N) is 1. The van der Waals surface area contributed by atoms with Crippen LogP contribution >= 0.6 is 0 Å². The lowest BCUT2D eigenvalue weighted by Crippen LogP contribution is -2.17. The molecule has 2 aromatic carbocycles. The molecule has 3 rings (SSSR count). The summed E-state index contributed by atoms with van der Waals surface area (Å²) in [6, 6.07) is 8.30. The lowest BCUT2D eigenvalue weighted by molar-refractivity contribution is -0.142. The highest BCUT2D eigenvalue weighted by molar-refractivity contribution is 5.86. The van der Waals surface area contributed by atoms with E-state index in [1.165, 1.54) is 12.1 Å². The van der Waals surface area contributed by atoms with Crippen molar-refractivity contribution < 1.29 is 35.8 Å². The van der Waals surface area contributed by atoms with Gasteiger partial charge in [-0.2, -0.15) is 26.3 Å². The van der Waals surface area contributed by atoms with Crippen molar-refractivity contribution in [3.8, 4) is 0 Å². The van der Waals surface area contributed by atoms with Crippen molar-refractivity contribution in [2.75, 3.05) is 11.9 Å². The fourth-order valence-electron chi connectivity index (χ4n) is 2.82. The molecule has 1 atom stereocenters. The van der Waals surface area contributed by atoms with E-state index in [-0.39, 0.29) is 17.5 Å². The number of anilines is 1. The standard InChI is InChI=1S/C19H13F7N2O/c20-10-4-6-11(7-5-10)27-9-15(29)13-8-16(19(24,25)26)28-17-12(13)2-1-3-14(17)18(21,22)23/h1-8,15,27,29H,9H2. The molecule has 0 fully saturated rings. The van der Waals surface area contributed by atoms with E-state index in [1.54, 1.807) is 0 Å². The molecule has 29 heavy (non-hydrogen) atoms. The Balaban J connectivity index is 2.06. The molecular formula is C19H13F7N2O. The van der Waals surface area contributed by atoms with Gasteiger partial charge >= 0.3 is 12.4 Å². The minimum Gasteiger partial charge on any atom is -0.387 e. The van der Waals surface area contributed by atoms with Crippen LogP contribution in [0.3, 0.4) is 0 Å². The van der Waals surface area contributed by atoms with Gasteiger partial charge in [0.2, 0.25) is 0 Å². The van der Waals surface area contributed by atoms with E-state index in [0.29, 0.717) is 17.8 Å². The van der Waals surface area contributed by atoms with E-state index in [2.05, 4.69) is 10.3 Å². The monoisotopic (exact) mass is 418 g/mol. The molecule has 2 N–H and O–H groups in total. The summed E-state index contributed by atoms with van der Waals surface area (Å²) in [5.74, 6) is -0.509. The Morgan fingerprint density at radius 3 is 2.17 bits per heavy atom. The molecular weight excluding hydrogens is 405 g/mol. The molecule has 154 valence electrons. The fourth-order valence-corrected chi connectivity index (χ4v) is 2.82. The summed E-state index contributed by atoms with van der Waals surface area (Å²) in [7, 11) is 0. The van der Waals surface area contributed by atoms with E-state index in [9.17, 15) is 35.8 Å². The molecule has 0 aliphatic rings. The summed E-state index contributed by atoms with van der Waals surface area (Å²) in [4.78, 5) is 3.17. The summed E-state index contributed by atoms with van der Waals surface area (Å²) in [5, 5.41) is 12.9. The van der Waals surface area contributed by atoms with Crippen LogP contribution in [-0.2, 0) is 12.4 Å². The van der Waals surface area contributed by atoms with E-state index in [4.69, 9.17) is 0 Å². The molecule has 3 nitrogen and oxygen atoms in total. The zero-order chi connectivity index (χ0) is 21.4. The van der Waals surface area contributed by atoms with Crippen LogP contribution in [0, 0.1) is 5.82 Å². The molecule has 0 saturated heterocycles. The predicted octanol–water partition coefficient (Wildman–Crippen LogP) is 5.56. The topological polar surface area (TPSA) is 45.1 Å². The molecule has 0 saturated carbocycles. The van der Waals surface area contributed by atoms with Crippen LogP contribution in [0.4, 0.5) is 36.4 Å². The van der Waals surface area contributed by atoms with Gasteiger partial charge in [0.15, 0.2) is 0 Å². The number of aliphatic hydroxyl groups is 1. The number of benzene rings is 2. The Morgan fingerprint density at radius 1 is 0.931 bits per heavy atom. The Hall–Kier alpha value is -2.88. The Bertz CT molecular complexity index is 1010. The van der Waals surface area contributed by atoms with Gasteiger partial charge in [0.25, 0.3) is 0 Å². The van der Waals surface area contributed by atoms with Crippen molar-refractivity contribution >= 4 is 16.6 Å². The van der Waals surface area contributed by atoms with Crippen LogP contribution < -0.4 is 5.32 Å². The zero-order valence-electron chi connectivity index (χ0n) is 14.4. The Labute approximate surface area is 159 Å². The van der Waals surface area contributed by atoms with Crippen molar-refractivity contribution in [1.29, 1.82) is 0 Å². The quantitative estimate of drug-likeness (QED) is 0.546. The maximum Gasteiger partial charge on any atom is 0.433 e. The SMILES string of the molecule is OC(CNc1ccc(F)cc1)c1cc(C(F)(F)F)nc2c(C(F)(F)F)cccc12. The summed E-state index contributed by atoms with van der Waals surface area (Å²) < 4.78 is 92.3. The van der Waals surface area contributed by atoms with Crippen LogP contribution in [0.25, 0.3) is 10.9 Å². The maximum absolute atomic E-state index is 13.3. The van der Waals surface area contributed by atoms with Gasteiger partial charge in [-0.15, -0.1) is 0 Å². The molecule has 0 aliphatic carbocycles. The molecule has 0 bridgehead atoms. The first-order valence-electron chi connectivity index (χ1n) is 8.22. The summed E-state index contributed by atoms with van der Waals surface area (Å²) >= 11 is 0. The molecule has 0 spiro atoms. The van der Waals surface area contributed by atoms with Gasteiger partial charge in [-0.25, -0.2) is 9.37 Å². The minimum atomic E-state index is -5.01. The van der Waals surface area contributed by atoms with Crippen LogP contribution in [0.2, 0.25) is 0 Å². The number of pyridine rings is 1. The van der Waals surface area contributed by atoms with Gasteiger partial charge in [0, 0.05) is 17.6 Å². The van der Waals surface area contributed by atoms with E-state index >= 15 is 0 Å². The van der Waals surface area contributed by atoms with Gasteiger partial charge < -0.3 is 10.4 Å². The summed E-state index contributed by atoms with van der Waals surface area (Å²) in [6.45, 7) is -0.321. The molecule has 3 aromatic rings. The highest BCUT2D eigenvalue weighted by atomic mass is 19.4. The molecule has 1 aromatic heterocycles. The Kier molecular flexibility index (Phi) is 5.40. The normalized spacial score (nSPS) is 13.5. The molecule has 0 aliphatic heterocycles. The first-order valence-corrected chi connectivity index (χ1v) is 8.22. The maximum atomic E-state index is 13.3. The smallest absolute Gasteiger partial charge is 0.387 e. The van der Waals surface area contributed by atoms with Crippen molar-refractivity contribution in [3.63, 3.8) is 0 Å². The highest BCUT2D eigenvalue weighted by Crippen LogP contribution is 2.38. The van der Waals surface area contributed by atoms with Gasteiger partial charge in [0.1, 0.15) is 11.5 Å². The number of fused-ring (bicyclic) bond motifs is 1. The fraction of sp³-hybridized carbons (Fsp3) is 0.211. The molecule has 1 heterocycles. The summed E-state index contributed by atoms with van der Waals surface area (Å²) in [6.07, 6.45) is -11.5. The number of para-hydroxylation sites is 1. The van der Waals surface area contributed by atoms with Crippen molar-refractivity contribution in [2.24, 2.45) is 0 Å². The second-order valence-corrected chi connectivity index (χ2v) is 6.20. The first kappa shape index (κ1) is 20.8. The number of halogens is 7. The van der Waals surface area contributed by atoms with Crippen LogP contribution in [0.15, 0.2) is 48.5 Å². The second kappa shape index (κ2) is 7.51. The van der Waals surface area contributed by atoms with E-state index in [0.717, 1.165) is 24.3 Å². The van der Waals surface area contributed by atoms with Crippen LogP contribution in [-0.4, -0.2) is 16.6 Å². The molecule has 0 amide bonds.